The van der Waals surface area contributed by atoms with Crippen LogP contribution in [0.5, 0.6) is 0 Å². The minimum Gasteiger partial charge on any atom is -0.280 e. The number of hydrogen-bond acceptors (Lipinski definition) is 3. The fourth-order valence-corrected chi connectivity index (χ4v) is 3.25. The van der Waals surface area contributed by atoms with Gasteiger partial charge in [-0.3, -0.25) is 5.01 Å². The highest BCUT2D eigenvalue weighted by Gasteiger charge is 2.41. The molecule has 2 rings (SSSR count). The van der Waals surface area contributed by atoms with Crippen molar-refractivity contribution >= 4 is 16.8 Å². The Morgan fingerprint density at radius 2 is 2.23 bits per heavy atom. The van der Waals surface area contributed by atoms with E-state index in [0.29, 0.717) is 5.92 Å². The van der Waals surface area contributed by atoms with Crippen LogP contribution in [0, 0.1) is 5.92 Å². The van der Waals surface area contributed by atoms with Crippen LogP contribution in [0.25, 0.3) is 0 Å². The van der Waals surface area contributed by atoms with Gasteiger partial charge < -0.3 is 0 Å². The first kappa shape index (κ1) is 9.38. The molecule has 2 nitrogen and oxygen atoms in total. The first-order chi connectivity index (χ1) is 6.12. The maximum absolute atomic E-state index is 4.69. The van der Waals surface area contributed by atoms with Crippen molar-refractivity contribution in [3.8, 4) is 0 Å². The second kappa shape index (κ2) is 3.19. The van der Waals surface area contributed by atoms with Crippen molar-refractivity contribution in [1.82, 2.24) is 5.01 Å². The molecule has 0 saturated carbocycles. The Balaban J connectivity index is 2.15. The summed E-state index contributed by atoms with van der Waals surface area (Å²) in [5.41, 5.74) is 0. The molecule has 13 heavy (non-hydrogen) atoms. The van der Waals surface area contributed by atoms with Gasteiger partial charge in [-0.25, -0.2) is 0 Å². The molecule has 2 aliphatic rings. The van der Waals surface area contributed by atoms with Gasteiger partial charge in [-0.15, -0.1) is 0 Å². The van der Waals surface area contributed by atoms with Gasteiger partial charge in [-0.2, -0.15) is 5.10 Å². The van der Waals surface area contributed by atoms with Gasteiger partial charge in [-0.05, 0) is 26.2 Å². The third kappa shape index (κ3) is 1.58. The van der Waals surface area contributed by atoms with Crippen molar-refractivity contribution in [2.45, 2.75) is 44.9 Å². The molecule has 3 heteroatoms. The lowest BCUT2D eigenvalue weighted by Gasteiger charge is -2.37. The van der Waals surface area contributed by atoms with Crippen LogP contribution in [0.4, 0.5) is 0 Å². The van der Waals surface area contributed by atoms with E-state index in [2.05, 4.69) is 25.8 Å². The minimum absolute atomic E-state index is 0.290. The summed E-state index contributed by atoms with van der Waals surface area (Å²) < 4.78 is 0. The van der Waals surface area contributed by atoms with Crippen LogP contribution < -0.4 is 0 Å². The molecule has 0 aromatic heterocycles. The molecule has 1 atom stereocenters. The number of hydrogen-bond donors (Lipinski definition) is 0. The first-order valence-electron chi connectivity index (χ1n) is 5.17. The van der Waals surface area contributed by atoms with Crippen LogP contribution in [0.15, 0.2) is 5.10 Å². The molecular weight excluding hydrogens is 180 g/mol. The maximum atomic E-state index is 4.69. The topological polar surface area (TPSA) is 15.6 Å². The van der Waals surface area contributed by atoms with Gasteiger partial charge >= 0.3 is 0 Å². The molecule has 1 fully saturated rings. The molecule has 2 aliphatic heterocycles. The number of piperidine rings is 1. The highest BCUT2D eigenvalue weighted by molar-refractivity contribution is 8.15. The van der Waals surface area contributed by atoms with Crippen LogP contribution in [0.3, 0.4) is 0 Å². The summed E-state index contributed by atoms with van der Waals surface area (Å²) in [6, 6.07) is 0. The van der Waals surface area contributed by atoms with Gasteiger partial charge in [0.05, 0.1) is 5.04 Å². The molecule has 1 unspecified atom stereocenters. The molecular formula is C10H18N2S. The van der Waals surface area contributed by atoms with E-state index in [0.717, 1.165) is 6.54 Å². The van der Waals surface area contributed by atoms with Gasteiger partial charge in [0.2, 0.25) is 0 Å². The number of thioether (sulfide) groups is 1. The van der Waals surface area contributed by atoms with Crippen molar-refractivity contribution in [3.63, 3.8) is 0 Å². The van der Waals surface area contributed by atoms with Gasteiger partial charge in [0.1, 0.15) is 4.87 Å². The molecule has 1 saturated heterocycles. The lowest BCUT2D eigenvalue weighted by Crippen LogP contribution is -2.40. The van der Waals surface area contributed by atoms with Crippen molar-refractivity contribution in [2.24, 2.45) is 11.0 Å². The zero-order chi connectivity index (χ0) is 9.47. The molecule has 0 N–H and O–H groups in total. The third-order valence-electron chi connectivity index (χ3n) is 2.84. The predicted octanol–water partition coefficient (Wildman–Crippen LogP) is 2.90. The lowest BCUT2D eigenvalue weighted by atomic mass is 10.1. The average molecular weight is 198 g/mol. The number of fused-ring (bicyclic) bond motifs is 1. The Morgan fingerprint density at radius 1 is 1.46 bits per heavy atom. The van der Waals surface area contributed by atoms with Gasteiger partial charge in [0.15, 0.2) is 0 Å². The molecule has 0 spiro atoms. The highest BCUT2D eigenvalue weighted by Crippen LogP contribution is 2.44. The number of hydrazone groups is 1. The Bertz CT molecular complexity index is 237. The van der Waals surface area contributed by atoms with E-state index < -0.39 is 0 Å². The van der Waals surface area contributed by atoms with Crippen LogP contribution in [0.2, 0.25) is 0 Å². The van der Waals surface area contributed by atoms with Crippen LogP contribution in [-0.2, 0) is 0 Å². The van der Waals surface area contributed by atoms with E-state index in [1.807, 2.05) is 11.8 Å². The Morgan fingerprint density at radius 3 is 2.85 bits per heavy atom. The molecule has 0 radical (unpaired) electrons. The SMILES string of the molecule is CC(C)C1=NN2CCCCC2(C)S1. The lowest BCUT2D eigenvalue weighted by molar-refractivity contribution is 0.147. The summed E-state index contributed by atoms with van der Waals surface area (Å²) in [4.78, 5) is 0.290. The zero-order valence-electron chi connectivity index (χ0n) is 8.71. The molecule has 2 heterocycles. The van der Waals surface area contributed by atoms with E-state index in [1.165, 1.54) is 24.3 Å². The number of rotatable bonds is 1. The van der Waals surface area contributed by atoms with Gasteiger partial charge in [0.25, 0.3) is 0 Å². The summed E-state index contributed by atoms with van der Waals surface area (Å²) in [6.07, 6.45) is 3.96. The zero-order valence-corrected chi connectivity index (χ0v) is 9.52. The summed E-state index contributed by atoms with van der Waals surface area (Å²) in [6.45, 7) is 7.94. The maximum Gasteiger partial charge on any atom is 0.106 e. The summed E-state index contributed by atoms with van der Waals surface area (Å²) >= 11 is 1.98. The molecule has 0 amide bonds. The average Bonchev–Trinajstić information content (AvgIpc) is 2.41. The fraction of sp³-hybridized carbons (Fsp3) is 0.900. The molecule has 0 aromatic carbocycles. The summed E-state index contributed by atoms with van der Waals surface area (Å²) in [5, 5.41) is 8.32. The standard InChI is InChI=1S/C10H18N2S/c1-8(2)9-11-12-7-5-4-6-10(12,3)13-9/h8H,4-7H2,1-3H3. The van der Waals surface area contributed by atoms with Crippen molar-refractivity contribution < 1.29 is 0 Å². The second-order valence-electron chi connectivity index (χ2n) is 4.45. The van der Waals surface area contributed by atoms with Crippen molar-refractivity contribution in [1.29, 1.82) is 0 Å². The van der Waals surface area contributed by atoms with Crippen LogP contribution in [-0.4, -0.2) is 21.5 Å². The van der Waals surface area contributed by atoms with Crippen molar-refractivity contribution in [3.05, 3.63) is 0 Å². The van der Waals surface area contributed by atoms with E-state index in [-0.39, 0.29) is 4.87 Å². The fourth-order valence-electron chi connectivity index (χ4n) is 1.94. The third-order valence-corrected chi connectivity index (χ3v) is 4.46. The van der Waals surface area contributed by atoms with Gasteiger partial charge in [0, 0.05) is 12.5 Å². The van der Waals surface area contributed by atoms with Crippen LogP contribution in [0.1, 0.15) is 40.0 Å². The van der Waals surface area contributed by atoms with Crippen molar-refractivity contribution in [2.75, 3.05) is 6.54 Å². The Kier molecular flexibility index (Phi) is 2.30. The largest absolute Gasteiger partial charge is 0.280 e. The summed E-state index contributed by atoms with van der Waals surface area (Å²) in [5.74, 6) is 0.590. The predicted molar refractivity (Wildman–Crippen MR) is 58.8 cm³/mol. The van der Waals surface area contributed by atoms with Crippen LogP contribution >= 0.6 is 11.8 Å². The van der Waals surface area contributed by atoms with E-state index in [1.54, 1.807) is 0 Å². The smallest absolute Gasteiger partial charge is 0.106 e. The molecule has 0 aromatic rings. The number of nitrogens with zero attached hydrogens (tertiary/aromatic N) is 2. The monoisotopic (exact) mass is 198 g/mol. The normalized spacial score (nSPS) is 33.5. The minimum atomic E-state index is 0.290. The molecule has 0 aliphatic carbocycles. The summed E-state index contributed by atoms with van der Waals surface area (Å²) in [7, 11) is 0. The Hall–Kier alpha value is -0.180. The quantitative estimate of drug-likeness (QED) is 0.644. The van der Waals surface area contributed by atoms with Gasteiger partial charge in [-0.1, -0.05) is 25.6 Å². The molecule has 0 bridgehead atoms. The van der Waals surface area contributed by atoms with E-state index >= 15 is 0 Å². The highest BCUT2D eigenvalue weighted by atomic mass is 32.2. The van der Waals surface area contributed by atoms with E-state index in [9.17, 15) is 0 Å². The van der Waals surface area contributed by atoms with E-state index in [4.69, 9.17) is 5.10 Å². The first-order valence-corrected chi connectivity index (χ1v) is 5.99. The molecule has 74 valence electrons. The second-order valence-corrected chi connectivity index (χ2v) is 5.95. The Labute approximate surface area is 84.8 Å².